The predicted octanol–water partition coefficient (Wildman–Crippen LogP) is 5.66. The predicted molar refractivity (Wildman–Crippen MR) is 127 cm³/mol. The molecule has 0 saturated heterocycles. The summed E-state index contributed by atoms with van der Waals surface area (Å²) in [6.45, 7) is 11.2. The van der Waals surface area contributed by atoms with Crippen molar-refractivity contribution in [2.75, 3.05) is 18.5 Å². The lowest BCUT2D eigenvalue weighted by atomic mass is 9.86. The minimum Gasteiger partial charge on any atom is -0.493 e. The Morgan fingerprint density at radius 1 is 1.03 bits per heavy atom. The highest BCUT2D eigenvalue weighted by Gasteiger charge is 2.28. The molecule has 168 valence electrons. The first-order valence-electron chi connectivity index (χ1n) is 11.1. The summed E-state index contributed by atoms with van der Waals surface area (Å²) >= 11 is 0. The van der Waals surface area contributed by atoms with Crippen molar-refractivity contribution in [1.29, 1.82) is 0 Å². The van der Waals surface area contributed by atoms with Gasteiger partial charge in [-0.25, -0.2) is 0 Å². The molecule has 0 unspecified atom stereocenters. The van der Waals surface area contributed by atoms with E-state index in [1.54, 1.807) is 18.2 Å². The first-order chi connectivity index (χ1) is 14.7. The molecule has 0 radical (unpaired) electrons. The fourth-order valence-electron chi connectivity index (χ4n) is 3.23. The van der Waals surface area contributed by atoms with Crippen LogP contribution in [0.15, 0.2) is 42.5 Å². The number of aryl methyl sites for hydroxylation is 2. The minimum absolute atomic E-state index is 0.104. The highest BCUT2D eigenvalue weighted by molar-refractivity contribution is 6.04. The van der Waals surface area contributed by atoms with Gasteiger partial charge in [0.1, 0.15) is 5.75 Å². The van der Waals surface area contributed by atoms with Crippen LogP contribution in [0.1, 0.15) is 67.9 Å². The Balaban J connectivity index is 1.92. The van der Waals surface area contributed by atoms with E-state index in [1.807, 2.05) is 39.8 Å². The lowest BCUT2D eigenvalue weighted by Gasteiger charge is -2.24. The number of amides is 2. The van der Waals surface area contributed by atoms with Crippen LogP contribution in [0.5, 0.6) is 5.75 Å². The molecule has 0 aromatic heterocycles. The van der Waals surface area contributed by atoms with Crippen LogP contribution in [0.4, 0.5) is 5.69 Å². The summed E-state index contributed by atoms with van der Waals surface area (Å²) in [4.78, 5) is 25.4. The van der Waals surface area contributed by atoms with Crippen LogP contribution in [0.3, 0.4) is 0 Å². The molecule has 31 heavy (non-hydrogen) atoms. The van der Waals surface area contributed by atoms with E-state index in [9.17, 15) is 9.59 Å². The number of carbonyl (C=O) groups is 2. The number of ether oxygens (including phenoxy) is 1. The van der Waals surface area contributed by atoms with Crippen molar-refractivity contribution in [3.8, 4) is 5.75 Å². The summed E-state index contributed by atoms with van der Waals surface area (Å²) in [6, 6.07) is 13.3. The molecule has 0 saturated carbocycles. The van der Waals surface area contributed by atoms with Crippen LogP contribution in [0, 0.1) is 19.3 Å². The third kappa shape index (κ3) is 7.42. The van der Waals surface area contributed by atoms with Crippen molar-refractivity contribution < 1.29 is 14.3 Å². The van der Waals surface area contributed by atoms with Crippen LogP contribution in [-0.2, 0) is 4.79 Å². The fraction of sp³-hybridized carbons (Fsp3) is 0.462. The molecule has 5 nitrogen and oxygen atoms in total. The molecule has 2 rings (SSSR count). The molecule has 0 aliphatic carbocycles. The molecule has 2 aromatic rings. The van der Waals surface area contributed by atoms with Crippen molar-refractivity contribution in [3.05, 3.63) is 59.2 Å². The van der Waals surface area contributed by atoms with Crippen molar-refractivity contribution in [2.24, 2.45) is 5.41 Å². The van der Waals surface area contributed by atoms with Gasteiger partial charge in [-0.3, -0.25) is 9.59 Å². The smallest absolute Gasteiger partial charge is 0.253 e. The number of benzene rings is 2. The summed E-state index contributed by atoms with van der Waals surface area (Å²) in [6.07, 6.45) is 3.37. The maximum absolute atomic E-state index is 12.9. The van der Waals surface area contributed by atoms with Crippen molar-refractivity contribution in [3.63, 3.8) is 0 Å². The van der Waals surface area contributed by atoms with E-state index in [4.69, 9.17) is 4.74 Å². The molecule has 0 spiro atoms. The number of nitrogens with one attached hydrogen (secondary N) is 2. The molecule has 0 aliphatic rings. The normalized spacial score (nSPS) is 11.1. The molecule has 0 atom stereocenters. The van der Waals surface area contributed by atoms with Crippen LogP contribution in [0.25, 0.3) is 0 Å². The molecule has 2 amide bonds. The number of hydrogen-bond acceptors (Lipinski definition) is 3. The van der Waals surface area contributed by atoms with E-state index in [0.29, 0.717) is 30.8 Å². The van der Waals surface area contributed by atoms with Crippen LogP contribution >= 0.6 is 0 Å². The largest absolute Gasteiger partial charge is 0.493 e. The molecule has 0 aliphatic heterocycles. The lowest BCUT2D eigenvalue weighted by Crippen LogP contribution is -2.32. The molecular weight excluding hydrogens is 388 g/mol. The zero-order valence-corrected chi connectivity index (χ0v) is 19.5. The minimum atomic E-state index is -0.587. The van der Waals surface area contributed by atoms with E-state index in [2.05, 4.69) is 29.7 Å². The second kappa shape index (κ2) is 11.5. The van der Waals surface area contributed by atoms with E-state index in [-0.39, 0.29) is 11.8 Å². The molecular formula is C26H36N2O3. The standard InChI is InChI=1S/C26H36N2O3/c1-6-7-16-27-24(29)21-11-8-9-12-22(21)28-25(30)26(4,5)15-10-17-31-23-18-19(2)13-14-20(23)3/h8-9,11-14,18H,6-7,10,15-17H2,1-5H3,(H,27,29)(H,28,30). The SMILES string of the molecule is CCCCNC(=O)c1ccccc1NC(=O)C(C)(C)CCCOc1cc(C)ccc1C. The second-order valence-corrected chi connectivity index (χ2v) is 8.71. The number of hydrogen-bond donors (Lipinski definition) is 2. The molecule has 0 fully saturated rings. The third-order valence-corrected chi connectivity index (χ3v) is 5.40. The Bertz CT molecular complexity index is 890. The van der Waals surface area contributed by atoms with E-state index in [0.717, 1.165) is 36.1 Å². The van der Waals surface area contributed by atoms with E-state index in [1.165, 1.54) is 0 Å². The van der Waals surface area contributed by atoms with Gasteiger partial charge < -0.3 is 15.4 Å². The summed E-state index contributed by atoms with van der Waals surface area (Å²) < 4.78 is 5.92. The molecule has 0 bridgehead atoms. The summed E-state index contributed by atoms with van der Waals surface area (Å²) in [5, 5.41) is 5.87. The summed E-state index contributed by atoms with van der Waals surface area (Å²) in [5.74, 6) is 0.627. The van der Waals surface area contributed by atoms with E-state index >= 15 is 0 Å². The Morgan fingerprint density at radius 2 is 1.77 bits per heavy atom. The van der Waals surface area contributed by atoms with Crippen molar-refractivity contribution in [1.82, 2.24) is 5.32 Å². The highest BCUT2D eigenvalue weighted by Crippen LogP contribution is 2.27. The molecule has 0 heterocycles. The van der Waals surface area contributed by atoms with Gasteiger partial charge in [-0.15, -0.1) is 0 Å². The number of unbranched alkanes of at least 4 members (excludes halogenated alkanes) is 1. The third-order valence-electron chi connectivity index (χ3n) is 5.40. The molecule has 2 aromatic carbocycles. The van der Waals surface area contributed by atoms with E-state index < -0.39 is 5.41 Å². The average Bonchev–Trinajstić information content (AvgIpc) is 2.74. The van der Waals surface area contributed by atoms with Gasteiger partial charge in [0.2, 0.25) is 5.91 Å². The second-order valence-electron chi connectivity index (χ2n) is 8.71. The lowest BCUT2D eigenvalue weighted by molar-refractivity contribution is -0.124. The Labute approximate surface area is 186 Å². The van der Waals surface area contributed by atoms with Crippen molar-refractivity contribution >= 4 is 17.5 Å². The van der Waals surface area contributed by atoms with Gasteiger partial charge in [0.25, 0.3) is 5.91 Å². The quantitative estimate of drug-likeness (QED) is 0.458. The zero-order valence-electron chi connectivity index (χ0n) is 19.5. The topological polar surface area (TPSA) is 67.4 Å². The maximum Gasteiger partial charge on any atom is 0.253 e. The monoisotopic (exact) mass is 424 g/mol. The van der Waals surface area contributed by atoms with Gasteiger partial charge in [0.05, 0.1) is 17.9 Å². The Morgan fingerprint density at radius 3 is 2.52 bits per heavy atom. The van der Waals surface area contributed by atoms with Gasteiger partial charge in [0, 0.05) is 12.0 Å². The maximum atomic E-state index is 12.9. The Hall–Kier alpha value is -2.82. The summed E-state index contributed by atoms with van der Waals surface area (Å²) in [5.41, 5.74) is 2.72. The fourth-order valence-corrected chi connectivity index (χ4v) is 3.23. The Kier molecular flexibility index (Phi) is 9.10. The molecule has 2 N–H and O–H groups in total. The number of para-hydroxylation sites is 1. The van der Waals surface area contributed by atoms with Gasteiger partial charge in [0.15, 0.2) is 0 Å². The van der Waals surface area contributed by atoms with Crippen LogP contribution < -0.4 is 15.4 Å². The van der Waals surface area contributed by atoms with Crippen LogP contribution in [-0.4, -0.2) is 25.0 Å². The van der Waals surface area contributed by atoms with Gasteiger partial charge >= 0.3 is 0 Å². The number of rotatable bonds is 11. The highest BCUT2D eigenvalue weighted by atomic mass is 16.5. The number of carbonyl (C=O) groups excluding carboxylic acids is 2. The number of anilines is 1. The van der Waals surface area contributed by atoms with Gasteiger partial charge in [-0.2, -0.15) is 0 Å². The van der Waals surface area contributed by atoms with Crippen molar-refractivity contribution in [2.45, 2.75) is 60.3 Å². The van der Waals surface area contributed by atoms with Gasteiger partial charge in [-0.1, -0.05) is 51.5 Å². The first-order valence-corrected chi connectivity index (χ1v) is 11.1. The van der Waals surface area contributed by atoms with Crippen LogP contribution in [0.2, 0.25) is 0 Å². The first kappa shape index (κ1) is 24.4. The van der Waals surface area contributed by atoms with Gasteiger partial charge in [-0.05, 0) is 62.4 Å². The average molecular weight is 425 g/mol. The molecule has 5 heteroatoms. The zero-order chi connectivity index (χ0) is 22.9. The summed E-state index contributed by atoms with van der Waals surface area (Å²) in [7, 11) is 0.